The van der Waals surface area contributed by atoms with E-state index < -0.39 is 0 Å². The lowest BCUT2D eigenvalue weighted by Crippen LogP contribution is -2.42. The van der Waals surface area contributed by atoms with E-state index in [1.54, 1.807) is 7.11 Å². The third kappa shape index (κ3) is 3.56. The molecule has 1 heterocycles. The van der Waals surface area contributed by atoms with E-state index in [-0.39, 0.29) is 0 Å². The van der Waals surface area contributed by atoms with E-state index in [2.05, 4.69) is 24.1 Å². The van der Waals surface area contributed by atoms with Crippen LogP contribution in [0.1, 0.15) is 26.7 Å². The highest BCUT2D eigenvalue weighted by molar-refractivity contribution is 4.80. The number of nitrogens with one attached hydrogen (secondary N) is 1. The van der Waals surface area contributed by atoms with Gasteiger partial charge < -0.3 is 10.1 Å². The molecule has 0 unspecified atom stereocenters. The minimum Gasteiger partial charge on any atom is -0.383 e. The first-order chi connectivity index (χ1) is 6.77. The maximum Gasteiger partial charge on any atom is 0.0613 e. The van der Waals surface area contributed by atoms with Crippen LogP contribution in [-0.2, 0) is 4.74 Å². The third-order valence-electron chi connectivity index (χ3n) is 3.02. The van der Waals surface area contributed by atoms with Crippen molar-refractivity contribution in [2.75, 3.05) is 33.4 Å². The molecular formula is C11H24N2O. The van der Waals surface area contributed by atoms with Gasteiger partial charge in [0.1, 0.15) is 0 Å². The quantitative estimate of drug-likeness (QED) is 0.695. The Morgan fingerprint density at radius 1 is 1.57 bits per heavy atom. The zero-order valence-electron chi connectivity index (χ0n) is 9.75. The van der Waals surface area contributed by atoms with Crippen LogP contribution in [-0.4, -0.2) is 50.3 Å². The van der Waals surface area contributed by atoms with E-state index in [0.717, 1.165) is 19.2 Å². The van der Waals surface area contributed by atoms with Crippen LogP contribution in [0.3, 0.4) is 0 Å². The van der Waals surface area contributed by atoms with E-state index in [0.29, 0.717) is 6.04 Å². The van der Waals surface area contributed by atoms with Gasteiger partial charge in [-0.15, -0.1) is 0 Å². The second-order valence-corrected chi connectivity index (χ2v) is 4.19. The number of hydrogen-bond acceptors (Lipinski definition) is 3. The summed E-state index contributed by atoms with van der Waals surface area (Å²) in [6, 6.07) is 1.22. The largest absolute Gasteiger partial charge is 0.383 e. The van der Waals surface area contributed by atoms with Crippen LogP contribution in [0.2, 0.25) is 0 Å². The van der Waals surface area contributed by atoms with E-state index in [1.165, 1.54) is 25.9 Å². The predicted molar refractivity (Wildman–Crippen MR) is 59.6 cm³/mol. The Morgan fingerprint density at radius 2 is 2.36 bits per heavy atom. The van der Waals surface area contributed by atoms with E-state index in [4.69, 9.17) is 4.74 Å². The second kappa shape index (κ2) is 6.38. The molecule has 1 N–H and O–H groups in total. The molecule has 0 spiro atoms. The Balaban J connectivity index is 2.16. The highest BCUT2D eigenvalue weighted by Crippen LogP contribution is 2.15. The SMILES string of the molecule is CCN1CCC[C@H]1CN[C@@H](C)COC. The Hall–Kier alpha value is -0.120. The number of nitrogens with zero attached hydrogens (tertiary/aromatic N) is 1. The average molecular weight is 200 g/mol. The van der Waals surface area contributed by atoms with Gasteiger partial charge in [-0.1, -0.05) is 6.92 Å². The summed E-state index contributed by atoms with van der Waals surface area (Å²) in [5.41, 5.74) is 0. The van der Waals surface area contributed by atoms with Crippen molar-refractivity contribution in [3.05, 3.63) is 0 Å². The molecule has 1 rings (SSSR count). The van der Waals surface area contributed by atoms with Gasteiger partial charge in [-0.2, -0.15) is 0 Å². The van der Waals surface area contributed by atoms with Crippen LogP contribution in [0.15, 0.2) is 0 Å². The van der Waals surface area contributed by atoms with Gasteiger partial charge in [-0.25, -0.2) is 0 Å². The first-order valence-corrected chi connectivity index (χ1v) is 5.74. The zero-order chi connectivity index (χ0) is 10.4. The average Bonchev–Trinajstić information content (AvgIpc) is 2.62. The van der Waals surface area contributed by atoms with Crippen molar-refractivity contribution in [3.8, 4) is 0 Å². The van der Waals surface area contributed by atoms with Gasteiger partial charge in [0.15, 0.2) is 0 Å². The summed E-state index contributed by atoms with van der Waals surface area (Å²) in [5, 5.41) is 3.52. The van der Waals surface area contributed by atoms with Gasteiger partial charge in [0.05, 0.1) is 6.61 Å². The van der Waals surface area contributed by atoms with Gasteiger partial charge in [0.25, 0.3) is 0 Å². The van der Waals surface area contributed by atoms with Gasteiger partial charge >= 0.3 is 0 Å². The first kappa shape index (κ1) is 12.0. The van der Waals surface area contributed by atoms with Crippen LogP contribution >= 0.6 is 0 Å². The lowest BCUT2D eigenvalue weighted by Gasteiger charge is -2.24. The molecule has 0 aromatic carbocycles. The van der Waals surface area contributed by atoms with Gasteiger partial charge in [-0.3, -0.25) is 4.90 Å². The van der Waals surface area contributed by atoms with Crippen LogP contribution in [0, 0.1) is 0 Å². The molecule has 0 amide bonds. The number of likely N-dealkylation sites (N-methyl/N-ethyl adjacent to an activating group) is 1. The molecule has 0 radical (unpaired) electrons. The number of methoxy groups -OCH3 is 1. The van der Waals surface area contributed by atoms with Crippen molar-refractivity contribution in [2.24, 2.45) is 0 Å². The highest BCUT2D eigenvalue weighted by atomic mass is 16.5. The molecule has 1 fully saturated rings. The van der Waals surface area contributed by atoms with Crippen molar-refractivity contribution >= 4 is 0 Å². The first-order valence-electron chi connectivity index (χ1n) is 5.74. The fraction of sp³-hybridized carbons (Fsp3) is 1.00. The second-order valence-electron chi connectivity index (χ2n) is 4.19. The van der Waals surface area contributed by atoms with E-state index in [1.807, 2.05) is 0 Å². The van der Waals surface area contributed by atoms with E-state index >= 15 is 0 Å². The summed E-state index contributed by atoms with van der Waals surface area (Å²) < 4.78 is 5.10. The summed E-state index contributed by atoms with van der Waals surface area (Å²) in [6.07, 6.45) is 2.71. The number of rotatable bonds is 6. The third-order valence-corrected chi connectivity index (χ3v) is 3.02. The summed E-state index contributed by atoms with van der Waals surface area (Å²) in [6.45, 7) is 8.80. The Morgan fingerprint density at radius 3 is 3.00 bits per heavy atom. The Kier molecular flexibility index (Phi) is 5.45. The lowest BCUT2D eigenvalue weighted by molar-refractivity contribution is 0.165. The molecule has 14 heavy (non-hydrogen) atoms. The fourth-order valence-corrected chi connectivity index (χ4v) is 2.19. The summed E-state index contributed by atoms with van der Waals surface area (Å²) in [4.78, 5) is 2.56. The topological polar surface area (TPSA) is 24.5 Å². The summed E-state index contributed by atoms with van der Waals surface area (Å²) in [5.74, 6) is 0. The van der Waals surface area contributed by atoms with Crippen LogP contribution in [0.25, 0.3) is 0 Å². The number of likely N-dealkylation sites (tertiary alicyclic amines) is 1. The van der Waals surface area contributed by atoms with Gasteiger partial charge in [-0.05, 0) is 32.9 Å². The molecule has 3 heteroatoms. The molecule has 84 valence electrons. The molecule has 2 atom stereocenters. The maximum atomic E-state index is 5.10. The fourth-order valence-electron chi connectivity index (χ4n) is 2.19. The lowest BCUT2D eigenvalue weighted by atomic mass is 10.2. The minimum absolute atomic E-state index is 0.472. The molecule has 0 saturated carbocycles. The zero-order valence-corrected chi connectivity index (χ0v) is 9.75. The maximum absolute atomic E-state index is 5.10. The number of ether oxygens (including phenoxy) is 1. The molecule has 0 aromatic rings. The van der Waals surface area contributed by atoms with Crippen molar-refractivity contribution in [3.63, 3.8) is 0 Å². The standard InChI is InChI=1S/C11H24N2O/c1-4-13-7-5-6-11(13)8-12-10(2)9-14-3/h10-12H,4-9H2,1-3H3/t10-,11-/m0/s1. The molecule has 1 saturated heterocycles. The summed E-state index contributed by atoms with van der Waals surface area (Å²) in [7, 11) is 1.76. The molecule has 0 aliphatic carbocycles. The molecular weight excluding hydrogens is 176 g/mol. The van der Waals surface area contributed by atoms with Crippen LogP contribution in [0.4, 0.5) is 0 Å². The number of hydrogen-bond donors (Lipinski definition) is 1. The van der Waals surface area contributed by atoms with E-state index in [9.17, 15) is 0 Å². The molecule has 1 aliphatic rings. The highest BCUT2D eigenvalue weighted by Gasteiger charge is 2.22. The van der Waals surface area contributed by atoms with Crippen molar-refractivity contribution in [2.45, 2.75) is 38.8 Å². The predicted octanol–water partition coefficient (Wildman–Crippen LogP) is 1.10. The monoisotopic (exact) mass is 200 g/mol. The van der Waals surface area contributed by atoms with Crippen LogP contribution < -0.4 is 5.32 Å². The van der Waals surface area contributed by atoms with Crippen molar-refractivity contribution < 1.29 is 4.74 Å². The van der Waals surface area contributed by atoms with Crippen molar-refractivity contribution in [1.29, 1.82) is 0 Å². The Bertz CT molecular complexity index is 152. The van der Waals surface area contributed by atoms with Crippen LogP contribution in [0.5, 0.6) is 0 Å². The molecule has 1 aliphatic heterocycles. The molecule has 0 bridgehead atoms. The normalized spacial score (nSPS) is 25.5. The summed E-state index contributed by atoms with van der Waals surface area (Å²) >= 11 is 0. The smallest absolute Gasteiger partial charge is 0.0613 e. The van der Waals surface area contributed by atoms with Gasteiger partial charge in [0, 0.05) is 25.7 Å². The van der Waals surface area contributed by atoms with Gasteiger partial charge in [0.2, 0.25) is 0 Å². The minimum atomic E-state index is 0.472. The Labute approximate surface area is 87.8 Å². The molecule has 3 nitrogen and oxygen atoms in total. The molecule has 0 aromatic heterocycles. The van der Waals surface area contributed by atoms with Crippen molar-refractivity contribution in [1.82, 2.24) is 10.2 Å².